The second-order valence-electron chi connectivity index (χ2n) is 6.29. The van der Waals surface area contributed by atoms with E-state index in [0.29, 0.717) is 40.1 Å². The van der Waals surface area contributed by atoms with Gasteiger partial charge in [-0.05, 0) is 37.5 Å². The maximum atomic E-state index is 12.5. The molecule has 2 heterocycles. The summed E-state index contributed by atoms with van der Waals surface area (Å²) < 4.78 is 21.5. The Balaban J connectivity index is 1.86. The van der Waals surface area contributed by atoms with Crippen LogP contribution in [0.5, 0.6) is 11.5 Å². The number of methoxy groups -OCH3 is 2. The van der Waals surface area contributed by atoms with Crippen molar-refractivity contribution in [1.82, 2.24) is 5.32 Å². The average Bonchev–Trinajstić information content (AvgIpc) is 3.16. The van der Waals surface area contributed by atoms with Gasteiger partial charge < -0.3 is 23.9 Å². The highest BCUT2D eigenvalue weighted by Crippen LogP contribution is 2.36. The topological polar surface area (TPSA) is 87.0 Å². The van der Waals surface area contributed by atoms with E-state index >= 15 is 0 Å². The highest BCUT2D eigenvalue weighted by Gasteiger charge is 2.20. The monoisotopic (exact) mass is 361 g/mol. The summed E-state index contributed by atoms with van der Waals surface area (Å²) in [5.41, 5.74) is 0.811. The summed E-state index contributed by atoms with van der Waals surface area (Å²) in [5.74, 6) is 0.611. The second-order valence-corrected chi connectivity index (χ2v) is 6.29. The summed E-state index contributed by atoms with van der Waals surface area (Å²) in [6, 6.07) is 3.54. The number of rotatable bonds is 6. The van der Waals surface area contributed by atoms with Crippen molar-refractivity contribution in [3.05, 3.63) is 33.7 Å². The van der Waals surface area contributed by atoms with Gasteiger partial charge in [0.2, 0.25) is 11.7 Å². The van der Waals surface area contributed by atoms with Crippen molar-refractivity contribution in [2.45, 2.75) is 32.3 Å². The lowest BCUT2D eigenvalue weighted by molar-refractivity contribution is -0.121. The van der Waals surface area contributed by atoms with Crippen LogP contribution in [0.4, 0.5) is 0 Å². The Morgan fingerprint density at radius 1 is 1.31 bits per heavy atom. The van der Waals surface area contributed by atoms with Gasteiger partial charge in [-0.2, -0.15) is 0 Å². The Hall–Kier alpha value is -2.54. The molecule has 1 atom stereocenters. The molecule has 3 rings (SSSR count). The highest BCUT2D eigenvalue weighted by atomic mass is 16.5. The molecule has 0 saturated carbocycles. The van der Waals surface area contributed by atoms with E-state index in [1.54, 1.807) is 19.1 Å². The van der Waals surface area contributed by atoms with Crippen LogP contribution in [0.2, 0.25) is 0 Å². The molecule has 1 aromatic carbocycles. The van der Waals surface area contributed by atoms with Crippen molar-refractivity contribution in [3.8, 4) is 11.5 Å². The van der Waals surface area contributed by atoms with Gasteiger partial charge >= 0.3 is 5.63 Å². The van der Waals surface area contributed by atoms with Gasteiger partial charge in [-0.15, -0.1) is 0 Å². The number of ether oxygens (including phenoxy) is 3. The lowest BCUT2D eigenvalue weighted by Gasteiger charge is -2.13. The molecular weight excluding hydrogens is 338 g/mol. The molecule has 0 aliphatic carbocycles. The number of nitrogens with one attached hydrogen (secondary N) is 1. The Labute approximate surface area is 151 Å². The van der Waals surface area contributed by atoms with E-state index in [1.165, 1.54) is 14.2 Å². The largest absolute Gasteiger partial charge is 0.493 e. The number of amides is 1. The number of benzene rings is 1. The van der Waals surface area contributed by atoms with Crippen LogP contribution in [0.25, 0.3) is 11.0 Å². The fourth-order valence-electron chi connectivity index (χ4n) is 3.23. The Kier molecular flexibility index (Phi) is 5.46. The van der Waals surface area contributed by atoms with Crippen LogP contribution in [0.15, 0.2) is 21.3 Å². The van der Waals surface area contributed by atoms with Crippen molar-refractivity contribution >= 4 is 16.9 Å². The molecule has 26 heavy (non-hydrogen) atoms. The summed E-state index contributed by atoms with van der Waals surface area (Å²) in [5, 5.41) is 3.54. The molecule has 7 nitrogen and oxygen atoms in total. The first-order valence-corrected chi connectivity index (χ1v) is 8.60. The zero-order chi connectivity index (χ0) is 18.7. The molecule has 1 fully saturated rings. The number of carbonyl (C=O) groups is 1. The van der Waals surface area contributed by atoms with E-state index in [4.69, 9.17) is 18.6 Å². The molecular formula is C19H23NO6. The van der Waals surface area contributed by atoms with E-state index in [0.717, 1.165) is 19.4 Å². The molecule has 7 heteroatoms. The molecule has 0 spiro atoms. The molecule has 1 aromatic heterocycles. The van der Waals surface area contributed by atoms with Crippen LogP contribution < -0.4 is 20.4 Å². The Morgan fingerprint density at radius 3 is 2.77 bits per heavy atom. The van der Waals surface area contributed by atoms with Gasteiger partial charge in [-0.25, -0.2) is 4.79 Å². The zero-order valence-corrected chi connectivity index (χ0v) is 15.2. The van der Waals surface area contributed by atoms with Gasteiger partial charge in [0.05, 0.1) is 32.3 Å². The van der Waals surface area contributed by atoms with E-state index in [2.05, 4.69) is 5.32 Å². The maximum Gasteiger partial charge on any atom is 0.340 e. The van der Waals surface area contributed by atoms with Gasteiger partial charge in [0.1, 0.15) is 0 Å². The molecule has 1 aliphatic rings. The minimum atomic E-state index is -0.547. The van der Waals surface area contributed by atoms with E-state index in [9.17, 15) is 9.59 Å². The summed E-state index contributed by atoms with van der Waals surface area (Å²) in [6.07, 6.45) is 1.98. The average molecular weight is 361 g/mol. The van der Waals surface area contributed by atoms with Crippen molar-refractivity contribution in [2.75, 3.05) is 27.4 Å². The molecule has 1 unspecified atom stereocenters. The third kappa shape index (κ3) is 3.53. The molecule has 1 aliphatic heterocycles. The minimum absolute atomic E-state index is 0.0365. The fraction of sp³-hybridized carbons (Fsp3) is 0.474. The summed E-state index contributed by atoms with van der Waals surface area (Å²) in [4.78, 5) is 24.7. The third-order valence-electron chi connectivity index (χ3n) is 4.69. The van der Waals surface area contributed by atoms with Crippen LogP contribution in [-0.2, 0) is 16.0 Å². The molecule has 1 N–H and O–H groups in total. The Bertz CT molecular complexity index is 866. The first kappa shape index (κ1) is 18.3. The van der Waals surface area contributed by atoms with Gasteiger partial charge in [0, 0.05) is 18.5 Å². The van der Waals surface area contributed by atoms with E-state index in [1.807, 2.05) is 0 Å². The van der Waals surface area contributed by atoms with Crippen LogP contribution >= 0.6 is 0 Å². The molecule has 1 saturated heterocycles. The molecule has 0 radical (unpaired) electrons. The zero-order valence-electron chi connectivity index (χ0n) is 15.2. The Morgan fingerprint density at radius 2 is 2.12 bits per heavy atom. The fourth-order valence-corrected chi connectivity index (χ4v) is 3.23. The van der Waals surface area contributed by atoms with Crippen molar-refractivity contribution in [3.63, 3.8) is 0 Å². The third-order valence-corrected chi connectivity index (χ3v) is 4.69. The van der Waals surface area contributed by atoms with Crippen molar-refractivity contribution in [1.29, 1.82) is 0 Å². The molecule has 140 valence electrons. The number of carbonyl (C=O) groups excluding carboxylic acids is 1. The van der Waals surface area contributed by atoms with Gasteiger partial charge in [-0.3, -0.25) is 4.79 Å². The van der Waals surface area contributed by atoms with Gasteiger partial charge in [-0.1, -0.05) is 0 Å². The molecule has 2 aromatic rings. The van der Waals surface area contributed by atoms with Crippen LogP contribution in [0, 0.1) is 6.92 Å². The van der Waals surface area contributed by atoms with Gasteiger partial charge in [0.15, 0.2) is 11.3 Å². The molecule has 1 amide bonds. The van der Waals surface area contributed by atoms with Crippen LogP contribution in [0.3, 0.4) is 0 Å². The predicted octanol–water partition coefficient (Wildman–Crippen LogP) is 1.96. The predicted molar refractivity (Wildman–Crippen MR) is 96.0 cm³/mol. The lowest BCUT2D eigenvalue weighted by Crippen LogP contribution is -2.34. The summed E-state index contributed by atoms with van der Waals surface area (Å²) >= 11 is 0. The lowest BCUT2D eigenvalue weighted by atomic mass is 10.0. The molecule has 0 bridgehead atoms. The number of aryl methyl sites for hydroxylation is 1. The van der Waals surface area contributed by atoms with Crippen molar-refractivity contribution in [2.24, 2.45) is 0 Å². The highest BCUT2D eigenvalue weighted by molar-refractivity contribution is 5.89. The number of fused-ring (bicyclic) bond motifs is 1. The summed E-state index contributed by atoms with van der Waals surface area (Å²) in [6.45, 7) is 2.99. The minimum Gasteiger partial charge on any atom is -0.493 e. The SMILES string of the molecule is COc1ccc2c(C)c(CC(=O)NCC3CCCO3)c(=O)oc2c1OC. The first-order chi connectivity index (χ1) is 12.5. The van der Waals surface area contributed by atoms with Gasteiger partial charge in [0.25, 0.3) is 0 Å². The van der Waals surface area contributed by atoms with Crippen molar-refractivity contribution < 1.29 is 23.4 Å². The standard InChI is InChI=1S/C19H23NO6/c1-11-13-6-7-15(23-2)18(24-3)17(13)26-19(22)14(11)9-16(21)20-10-12-5-4-8-25-12/h6-7,12H,4-5,8-10H2,1-3H3,(H,20,21). The number of hydrogen-bond donors (Lipinski definition) is 1. The second kappa shape index (κ2) is 7.78. The van der Waals surface area contributed by atoms with Crippen LogP contribution in [-0.4, -0.2) is 39.4 Å². The normalized spacial score (nSPS) is 16.7. The summed E-state index contributed by atoms with van der Waals surface area (Å²) in [7, 11) is 3.00. The van der Waals surface area contributed by atoms with Crippen LogP contribution in [0.1, 0.15) is 24.0 Å². The van der Waals surface area contributed by atoms with E-state index in [-0.39, 0.29) is 18.4 Å². The maximum absolute atomic E-state index is 12.5. The smallest absolute Gasteiger partial charge is 0.340 e. The van der Waals surface area contributed by atoms with E-state index < -0.39 is 5.63 Å². The first-order valence-electron chi connectivity index (χ1n) is 8.60. The quantitative estimate of drug-likeness (QED) is 0.792. The number of hydrogen-bond acceptors (Lipinski definition) is 6.